The van der Waals surface area contributed by atoms with Crippen LogP contribution in [0.2, 0.25) is 0 Å². The summed E-state index contributed by atoms with van der Waals surface area (Å²) in [6, 6.07) is 0. The quantitative estimate of drug-likeness (QED) is 0.444. The van der Waals surface area contributed by atoms with E-state index in [9.17, 15) is 9.59 Å². The van der Waals surface area contributed by atoms with E-state index in [-0.39, 0.29) is 17.2 Å². The van der Waals surface area contributed by atoms with Crippen molar-refractivity contribution in [3.8, 4) is 0 Å². The van der Waals surface area contributed by atoms with E-state index in [0.717, 1.165) is 12.3 Å². The second kappa shape index (κ2) is 9.02. The molecule has 0 radical (unpaired) electrons. The molecule has 8 heteroatoms. The number of esters is 2. The number of rotatable bonds is 5. The number of carbonyl (C=O) groups is 2. The number of thiocarbonyl (C=S) groups is 1. The van der Waals surface area contributed by atoms with Gasteiger partial charge in [-0.1, -0.05) is 0 Å². The van der Waals surface area contributed by atoms with Crippen LogP contribution in [0.5, 0.6) is 0 Å². The lowest BCUT2D eigenvalue weighted by Gasteiger charge is -2.33. The average molecular weight is 320 g/mol. The van der Waals surface area contributed by atoms with Gasteiger partial charge < -0.3 is 19.7 Å². The van der Waals surface area contributed by atoms with Crippen molar-refractivity contribution in [3.63, 3.8) is 0 Å². The zero-order valence-corrected chi connectivity index (χ0v) is 13.3. The Morgan fingerprint density at radius 3 is 2.80 bits per heavy atom. The van der Waals surface area contributed by atoms with Crippen LogP contribution in [0.3, 0.4) is 0 Å². The van der Waals surface area contributed by atoms with Gasteiger partial charge in [-0.15, -0.1) is 11.8 Å². The monoisotopic (exact) mass is 320 g/mol. The molecule has 20 heavy (non-hydrogen) atoms. The van der Waals surface area contributed by atoms with Crippen molar-refractivity contribution in [3.05, 3.63) is 0 Å². The maximum absolute atomic E-state index is 11.5. The highest BCUT2D eigenvalue weighted by Crippen LogP contribution is 2.19. The molecule has 0 aromatic carbocycles. The Hall–Kier alpha value is -1.02. The SMILES string of the molecule is COC(=O)CCCNC(=S)N1CCS[C@H](C(=O)OC)C1. The van der Waals surface area contributed by atoms with Gasteiger partial charge in [-0.25, -0.2) is 0 Å². The van der Waals surface area contributed by atoms with E-state index in [2.05, 4.69) is 10.1 Å². The number of nitrogens with one attached hydrogen (secondary N) is 1. The summed E-state index contributed by atoms with van der Waals surface area (Å²) in [4.78, 5) is 24.4. The molecular weight excluding hydrogens is 300 g/mol. The summed E-state index contributed by atoms with van der Waals surface area (Å²) in [5.41, 5.74) is 0. The summed E-state index contributed by atoms with van der Waals surface area (Å²) < 4.78 is 9.32. The summed E-state index contributed by atoms with van der Waals surface area (Å²) in [7, 11) is 2.77. The van der Waals surface area contributed by atoms with Crippen molar-refractivity contribution in [1.82, 2.24) is 10.2 Å². The van der Waals surface area contributed by atoms with Gasteiger partial charge in [-0.2, -0.15) is 0 Å². The summed E-state index contributed by atoms with van der Waals surface area (Å²) in [5, 5.41) is 3.52. The summed E-state index contributed by atoms with van der Waals surface area (Å²) in [5.74, 6) is 0.398. The lowest BCUT2D eigenvalue weighted by Crippen LogP contribution is -2.49. The molecule has 1 saturated heterocycles. The van der Waals surface area contributed by atoms with Crippen molar-refractivity contribution in [1.29, 1.82) is 0 Å². The molecule has 0 saturated carbocycles. The Balaban J connectivity index is 2.28. The second-order valence-electron chi connectivity index (χ2n) is 4.24. The Morgan fingerprint density at radius 2 is 2.15 bits per heavy atom. The van der Waals surface area contributed by atoms with Gasteiger partial charge in [0.05, 0.1) is 14.2 Å². The van der Waals surface area contributed by atoms with E-state index >= 15 is 0 Å². The maximum atomic E-state index is 11.5. The molecule has 114 valence electrons. The van der Waals surface area contributed by atoms with Gasteiger partial charge in [0, 0.05) is 31.8 Å². The molecule has 0 aromatic heterocycles. The van der Waals surface area contributed by atoms with Crippen LogP contribution in [0.1, 0.15) is 12.8 Å². The highest BCUT2D eigenvalue weighted by molar-refractivity contribution is 8.00. The molecular formula is C12H20N2O4S2. The van der Waals surface area contributed by atoms with E-state index in [1.165, 1.54) is 14.2 Å². The van der Waals surface area contributed by atoms with Gasteiger partial charge in [0.15, 0.2) is 5.11 Å². The minimum Gasteiger partial charge on any atom is -0.469 e. The van der Waals surface area contributed by atoms with Crippen LogP contribution < -0.4 is 5.32 Å². The largest absolute Gasteiger partial charge is 0.469 e. The maximum Gasteiger partial charge on any atom is 0.320 e. The van der Waals surface area contributed by atoms with Gasteiger partial charge >= 0.3 is 11.9 Å². The van der Waals surface area contributed by atoms with Crippen LogP contribution in [0.25, 0.3) is 0 Å². The van der Waals surface area contributed by atoms with Crippen molar-refractivity contribution in [2.24, 2.45) is 0 Å². The number of hydrogen-bond donors (Lipinski definition) is 1. The van der Waals surface area contributed by atoms with E-state index in [4.69, 9.17) is 17.0 Å². The molecule has 1 atom stereocenters. The first kappa shape index (κ1) is 17.0. The lowest BCUT2D eigenvalue weighted by atomic mass is 10.3. The Kier molecular flexibility index (Phi) is 7.68. The Labute approximate surface area is 128 Å². The molecule has 1 rings (SSSR count). The zero-order chi connectivity index (χ0) is 15.0. The molecule has 0 spiro atoms. The molecule has 0 aliphatic carbocycles. The van der Waals surface area contributed by atoms with Crippen LogP contribution in [-0.2, 0) is 19.1 Å². The standard InChI is InChI=1S/C12H20N2O4S2/c1-17-10(15)4-3-5-13-12(19)14-6-7-20-9(8-14)11(16)18-2/h9H,3-8H2,1-2H3,(H,13,19)/t9-/m0/s1. The third kappa shape index (κ3) is 5.54. The third-order valence-electron chi connectivity index (χ3n) is 2.88. The minimum absolute atomic E-state index is 0.191. The van der Waals surface area contributed by atoms with Gasteiger partial charge in [0.2, 0.25) is 0 Å². The van der Waals surface area contributed by atoms with Crippen molar-refractivity contribution < 1.29 is 19.1 Å². The Morgan fingerprint density at radius 1 is 1.40 bits per heavy atom. The number of thioether (sulfide) groups is 1. The van der Waals surface area contributed by atoms with E-state index in [0.29, 0.717) is 31.0 Å². The normalized spacial score (nSPS) is 18.3. The van der Waals surface area contributed by atoms with Crippen LogP contribution >= 0.6 is 24.0 Å². The third-order valence-corrected chi connectivity index (χ3v) is 4.44. The number of hydrogen-bond acceptors (Lipinski definition) is 6. The molecule has 6 nitrogen and oxygen atoms in total. The predicted octanol–water partition coefficient (Wildman–Crippen LogP) is 0.405. The molecule has 0 amide bonds. The summed E-state index contributed by atoms with van der Waals surface area (Å²) in [6.45, 7) is 1.97. The lowest BCUT2D eigenvalue weighted by molar-refractivity contribution is -0.141. The number of nitrogens with zero attached hydrogens (tertiary/aromatic N) is 1. The van der Waals surface area contributed by atoms with E-state index in [1.807, 2.05) is 4.90 Å². The fourth-order valence-corrected chi connectivity index (χ4v) is 3.15. The van der Waals surface area contributed by atoms with Crippen LogP contribution in [0.4, 0.5) is 0 Å². The van der Waals surface area contributed by atoms with Gasteiger partial charge in [0.25, 0.3) is 0 Å². The van der Waals surface area contributed by atoms with Crippen LogP contribution in [0.15, 0.2) is 0 Å². The van der Waals surface area contributed by atoms with Crippen LogP contribution in [-0.4, -0.2) is 66.8 Å². The van der Waals surface area contributed by atoms with Crippen molar-refractivity contribution in [2.75, 3.05) is 39.6 Å². The molecule has 0 unspecified atom stereocenters. The summed E-state index contributed by atoms with van der Waals surface area (Å²) in [6.07, 6.45) is 1.03. The Bertz CT molecular complexity index is 365. The first-order valence-electron chi connectivity index (χ1n) is 6.37. The highest BCUT2D eigenvalue weighted by Gasteiger charge is 2.28. The van der Waals surface area contributed by atoms with Crippen molar-refractivity contribution >= 4 is 41.0 Å². The molecule has 1 aliphatic heterocycles. The number of ether oxygens (including phenoxy) is 2. The number of methoxy groups -OCH3 is 2. The first-order chi connectivity index (χ1) is 9.58. The van der Waals surface area contributed by atoms with Gasteiger partial charge in [-0.3, -0.25) is 9.59 Å². The molecule has 1 N–H and O–H groups in total. The molecule has 0 aromatic rings. The zero-order valence-electron chi connectivity index (χ0n) is 11.7. The molecule has 1 aliphatic rings. The first-order valence-corrected chi connectivity index (χ1v) is 7.83. The second-order valence-corrected chi connectivity index (χ2v) is 5.94. The van der Waals surface area contributed by atoms with Crippen LogP contribution in [0, 0.1) is 0 Å². The van der Waals surface area contributed by atoms with Crippen molar-refractivity contribution in [2.45, 2.75) is 18.1 Å². The smallest absolute Gasteiger partial charge is 0.320 e. The highest BCUT2D eigenvalue weighted by atomic mass is 32.2. The topological polar surface area (TPSA) is 67.9 Å². The van der Waals surface area contributed by atoms with Gasteiger partial charge in [-0.05, 0) is 18.6 Å². The fourth-order valence-electron chi connectivity index (χ4n) is 1.75. The molecule has 1 fully saturated rings. The average Bonchev–Trinajstić information content (AvgIpc) is 2.50. The molecule has 0 bridgehead atoms. The van der Waals surface area contributed by atoms with Gasteiger partial charge in [0.1, 0.15) is 5.25 Å². The predicted molar refractivity (Wildman–Crippen MR) is 81.7 cm³/mol. The van der Waals surface area contributed by atoms with E-state index in [1.54, 1.807) is 11.8 Å². The number of carbonyl (C=O) groups excluding carboxylic acids is 2. The minimum atomic E-state index is -0.224. The molecule has 1 heterocycles. The van der Waals surface area contributed by atoms with E-state index < -0.39 is 0 Å². The fraction of sp³-hybridized carbons (Fsp3) is 0.750. The summed E-state index contributed by atoms with van der Waals surface area (Å²) >= 11 is 6.88.